The lowest BCUT2D eigenvalue weighted by Crippen LogP contribution is -2.35. The molecule has 0 aliphatic heterocycles. The Hall–Kier alpha value is -1.36. The Balaban J connectivity index is 1.82. The molecule has 2 rings (SSSR count). The number of aliphatic hydroxyl groups is 1. The third-order valence-corrected chi connectivity index (χ3v) is 3.98. The first-order chi connectivity index (χ1) is 9.13. The molecule has 5 heteroatoms. The first-order valence-electron chi connectivity index (χ1n) is 6.85. The molecule has 2 N–H and O–H groups in total. The van der Waals surface area contributed by atoms with Crippen LogP contribution >= 0.6 is 0 Å². The average molecular weight is 268 g/mol. The van der Waals surface area contributed by atoms with E-state index in [1.807, 2.05) is 12.2 Å². The van der Waals surface area contributed by atoms with Crippen LogP contribution in [0.2, 0.25) is 0 Å². The van der Waals surface area contributed by atoms with Crippen LogP contribution in [0.5, 0.6) is 0 Å². The summed E-state index contributed by atoms with van der Waals surface area (Å²) in [5.74, 6) is -1.72. The second-order valence-electron chi connectivity index (χ2n) is 5.30. The van der Waals surface area contributed by atoms with Crippen molar-refractivity contribution < 1.29 is 24.5 Å². The van der Waals surface area contributed by atoms with E-state index in [2.05, 4.69) is 0 Å². The van der Waals surface area contributed by atoms with Crippen molar-refractivity contribution in [2.45, 2.75) is 38.2 Å². The number of carboxylic acid groups (broad SMARTS) is 1. The van der Waals surface area contributed by atoms with E-state index in [1.165, 1.54) is 0 Å². The number of carbonyl (C=O) groups excluding carboxylic acids is 1. The first-order valence-corrected chi connectivity index (χ1v) is 6.85. The van der Waals surface area contributed by atoms with Crippen molar-refractivity contribution in [2.24, 2.45) is 17.8 Å². The Morgan fingerprint density at radius 1 is 1.16 bits per heavy atom. The smallest absolute Gasteiger partial charge is 0.310 e. The van der Waals surface area contributed by atoms with Gasteiger partial charge >= 0.3 is 11.9 Å². The molecule has 0 radical (unpaired) electrons. The minimum atomic E-state index is -0.880. The summed E-state index contributed by atoms with van der Waals surface area (Å²) in [6.45, 7) is 0.132. The Labute approximate surface area is 112 Å². The molecule has 19 heavy (non-hydrogen) atoms. The summed E-state index contributed by atoms with van der Waals surface area (Å²) in [6.07, 6.45) is 6.60. The van der Waals surface area contributed by atoms with Crippen LogP contribution in [0.4, 0.5) is 0 Å². The highest BCUT2D eigenvalue weighted by molar-refractivity contribution is 5.75. The molecule has 0 heterocycles. The third kappa shape index (κ3) is 3.15. The minimum absolute atomic E-state index is 0.00897. The van der Waals surface area contributed by atoms with Gasteiger partial charge in [0.05, 0.1) is 0 Å². The average Bonchev–Trinajstić information content (AvgIpc) is 2.95. The largest absolute Gasteiger partial charge is 0.481 e. The van der Waals surface area contributed by atoms with Crippen LogP contribution in [0.25, 0.3) is 0 Å². The van der Waals surface area contributed by atoms with Crippen molar-refractivity contribution in [3.63, 3.8) is 0 Å². The molecule has 2 aliphatic rings. The second-order valence-corrected chi connectivity index (χ2v) is 5.30. The van der Waals surface area contributed by atoms with Crippen molar-refractivity contribution in [1.29, 1.82) is 0 Å². The number of ether oxygens (including phenoxy) is 1. The normalized spacial score (nSPS) is 31.6. The van der Waals surface area contributed by atoms with Gasteiger partial charge in [0.15, 0.2) is 0 Å². The molecule has 0 amide bonds. The number of aliphatic carboxylic acids is 1. The molecule has 0 aromatic heterocycles. The molecule has 1 fully saturated rings. The molecule has 4 atom stereocenters. The molecule has 0 aromatic carbocycles. The second kappa shape index (κ2) is 6.19. The summed E-state index contributed by atoms with van der Waals surface area (Å²) in [6, 6.07) is 0. The molecule has 0 spiro atoms. The van der Waals surface area contributed by atoms with Gasteiger partial charge in [-0.1, -0.05) is 18.6 Å². The van der Waals surface area contributed by atoms with E-state index in [0.29, 0.717) is 19.3 Å². The molecule has 1 saturated carbocycles. The van der Waals surface area contributed by atoms with Gasteiger partial charge in [0.2, 0.25) is 0 Å². The van der Waals surface area contributed by atoms with Crippen molar-refractivity contribution in [2.75, 3.05) is 6.61 Å². The standard InChI is InChI=1S/C14H20O5/c15-7-3-1-2-4-11(16)19-13-10-6-5-9(8-10)12(13)14(17)18/h5-6,9-10,12-13,15H,1-4,7-8H2,(H,17,18). The summed E-state index contributed by atoms with van der Waals surface area (Å²) < 4.78 is 5.37. The lowest BCUT2D eigenvalue weighted by molar-refractivity contribution is -0.159. The number of carboxylic acids is 1. The molecular formula is C14H20O5. The number of unbranched alkanes of at least 4 members (excludes halogenated alkanes) is 2. The number of hydrogen-bond acceptors (Lipinski definition) is 4. The Kier molecular flexibility index (Phi) is 4.58. The van der Waals surface area contributed by atoms with Gasteiger partial charge in [-0.25, -0.2) is 0 Å². The van der Waals surface area contributed by atoms with Crippen LogP contribution < -0.4 is 0 Å². The number of allylic oxidation sites excluding steroid dienone is 1. The van der Waals surface area contributed by atoms with E-state index in [1.54, 1.807) is 0 Å². The summed E-state index contributed by atoms with van der Waals surface area (Å²) in [7, 11) is 0. The Bertz CT molecular complexity index is 376. The fourth-order valence-corrected chi connectivity index (χ4v) is 3.03. The topological polar surface area (TPSA) is 83.8 Å². The minimum Gasteiger partial charge on any atom is -0.481 e. The van der Waals surface area contributed by atoms with Crippen molar-refractivity contribution in [3.05, 3.63) is 12.2 Å². The van der Waals surface area contributed by atoms with Crippen molar-refractivity contribution >= 4 is 11.9 Å². The zero-order valence-electron chi connectivity index (χ0n) is 10.8. The van der Waals surface area contributed by atoms with Crippen LogP contribution in [-0.2, 0) is 14.3 Å². The van der Waals surface area contributed by atoms with Gasteiger partial charge in [-0.15, -0.1) is 0 Å². The fourth-order valence-electron chi connectivity index (χ4n) is 3.03. The number of aliphatic hydroxyl groups excluding tert-OH is 1. The number of hydrogen-bond donors (Lipinski definition) is 2. The van der Waals surface area contributed by atoms with Gasteiger partial charge < -0.3 is 14.9 Å². The van der Waals surface area contributed by atoms with Crippen molar-refractivity contribution in [3.8, 4) is 0 Å². The monoisotopic (exact) mass is 268 g/mol. The lowest BCUT2D eigenvalue weighted by Gasteiger charge is -2.24. The predicted molar refractivity (Wildman–Crippen MR) is 67.3 cm³/mol. The third-order valence-electron chi connectivity index (χ3n) is 3.98. The molecule has 106 valence electrons. The summed E-state index contributed by atoms with van der Waals surface area (Å²) >= 11 is 0. The molecule has 2 bridgehead atoms. The van der Waals surface area contributed by atoms with Crippen LogP contribution in [0.3, 0.4) is 0 Å². The van der Waals surface area contributed by atoms with Gasteiger partial charge in [-0.3, -0.25) is 9.59 Å². The molecule has 5 nitrogen and oxygen atoms in total. The van der Waals surface area contributed by atoms with E-state index in [9.17, 15) is 14.7 Å². The van der Waals surface area contributed by atoms with Gasteiger partial charge in [0, 0.05) is 18.9 Å². The highest BCUT2D eigenvalue weighted by Gasteiger charge is 2.50. The number of rotatable bonds is 7. The molecule has 0 saturated heterocycles. The molecule has 4 unspecified atom stereocenters. The van der Waals surface area contributed by atoms with Gasteiger partial charge in [-0.05, 0) is 25.2 Å². The van der Waals surface area contributed by atoms with E-state index in [4.69, 9.17) is 9.84 Å². The first kappa shape index (κ1) is 14.1. The van der Waals surface area contributed by atoms with Gasteiger partial charge in [0.1, 0.15) is 12.0 Å². The van der Waals surface area contributed by atoms with E-state index < -0.39 is 18.0 Å². The zero-order valence-corrected chi connectivity index (χ0v) is 10.8. The highest BCUT2D eigenvalue weighted by Crippen LogP contribution is 2.45. The maximum absolute atomic E-state index is 11.7. The molecule has 0 aromatic rings. The predicted octanol–water partition coefficient (Wildman–Crippen LogP) is 1.36. The quantitative estimate of drug-likeness (QED) is 0.414. The maximum Gasteiger partial charge on any atom is 0.310 e. The number of carbonyl (C=O) groups is 2. The molecule has 2 aliphatic carbocycles. The van der Waals surface area contributed by atoms with Crippen LogP contribution in [0, 0.1) is 17.8 Å². The number of fused-ring (bicyclic) bond motifs is 2. The Morgan fingerprint density at radius 2 is 1.89 bits per heavy atom. The highest BCUT2D eigenvalue weighted by atomic mass is 16.5. The van der Waals surface area contributed by atoms with E-state index >= 15 is 0 Å². The summed E-state index contributed by atoms with van der Waals surface area (Å²) in [5, 5.41) is 17.9. The number of esters is 1. The summed E-state index contributed by atoms with van der Waals surface area (Å²) in [4.78, 5) is 22.9. The summed E-state index contributed by atoms with van der Waals surface area (Å²) in [5.41, 5.74) is 0. The van der Waals surface area contributed by atoms with E-state index in [-0.39, 0.29) is 24.4 Å². The maximum atomic E-state index is 11.7. The van der Waals surface area contributed by atoms with Crippen LogP contribution in [-0.4, -0.2) is 34.9 Å². The van der Waals surface area contributed by atoms with Crippen LogP contribution in [0.15, 0.2) is 12.2 Å². The zero-order chi connectivity index (χ0) is 13.8. The lowest BCUT2D eigenvalue weighted by atomic mass is 9.91. The van der Waals surface area contributed by atoms with Gasteiger partial charge in [0.25, 0.3) is 0 Å². The van der Waals surface area contributed by atoms with Gasteiger partial charge in [-0.2, -0.15) is 0 Å². The Morgan fingerprint density at radius 3 is 2.58 bits per heavy atom. The van der Waals surface area contributed by atoms with Crippen LogP contribution in [0.1, 0.15) is 32.1 Å². The van der Waals surface area contributed by atoms with E-state index in [0.717, 1.165) is 12.8 Å². The van der Waals surface area contributed by atoms with Crippen molar-refractivity contribution in [1.82, 2.24) is 0 Å². The molecular weight excluding hydrogens is 248 g/mol. The fraction of sp³-hybridized carbons (Fsp3) is 0.714. The SMILES string of the molecule is O=C(CCCCCO)OC1C2C=CC(C2)C1C(=O)O.